The van der Waals surface area contributed by atoms with Crippen LogP contribution < -0.4 is 5.32 Å². The highest BCUT2D eigenvalue weighted by Gasteiger charge is 2.17. The Bertz CT molecular complexity index is 327. The fourth-order valence-corrected chi connectivity index (χ4v) is 2.16. The van der Waals surface area contributed by atoms with Gasteiger partial charge in [0.15, 0.2) is 0 Å². The van der Waals surface area contributed by atoms with E-state index in [2.05, 4.69) is 48.3 Å². The highest BCUT2D eigenvalue weighted by Crippen LogP contribution is 2.11. The Hall–Kier alpha value is -0.570. The summed E-state index contributed by atoms with van der Waals surface area (Å²) >= 11 is 0. The van der Waals surface area contributed by atoms with Gasteiger partial charge in [-0.1, -0.05) is 29.8 Å². The number of piperazine rings is 1. The fourth-order valence-electron chi connectivity index (χ4n) is 2.16. The molecule has 0 amide bonds. The van der Waals surface area contributed by atoms with E-state index in [1.807, 2.05) is 0 Å². The first-order valence-electron chi connectivity index (χ1n) is 5.76. The van der Waals surface area contributed by atoms with Gasteiger partial charge in [0.1, 0.15) is 0 Å². The molecule has 1 fully saturated rings. The highest BCUT2D eigenvalue weighted by molar-refractivity contribution is 5.85. The van der Waals surface area contributed by atoms with Gasteiger partial charge in [-0.05, 0) is 19.4 Å². The molecule has 1 aliphatic heterocycles. The third-order valence-electron chi connectivity index (χ3n) is 3.11. The molecule has 16 heavy (non-hydrogen) atoms. The fraction of sp³-hybridized carbons (Fsp3) is 0.538. The van der Waals surface area contributed by atoms with Crippen LogP contribution in [0, 0.1) is 6.92 Å². The molecule has 1 N–H and O–H groups in total. The summed E-state index contributed by atoms with van der Waals surface area (Å²) in [6, 6.07) is 9.47. The third kappa shape index (κ3) is 3.48. The molecule has 3 heteroatoms. The van der Waals surface area contributed by atoms with Crippen molar-refractivity contribution in [1.29, 1.82) is 0 Å². The lowest BCUT2D eigenvalue weighted by atomic mass is 10.1. The molecule has 1 heterocycles. The number of rotatable bonds is 2. The lowest BCUT2D eigenvalue weighted by Gasteiger charge is -2.33. The van der Waals surface area contributed by atoms with Gasteiger partial charge >= 0.3 is 0 Å². The van der Waals surface area contributed by atoms with Crippen molar-refractivity contribution in [1.82, 2.24) is 10.2 Å². The van der Waals surface area contributed by atoms with Crippen molar-refractivity contribution < 1.29 is 0 Å². The van der Waals surface area contributed by atoms with Crippen molar-refractivity contribution >= 4 is 12.4 Å². The summed E-state index contributed by atoms with van der Waals surface area (Å²) in [5, 5.41) is 3.42. The van der Waals surface area contributed by atoms with Gasteiger partial charge in [-0.15, -0.1) is 12.4 Å². The second-order valence-corrected chi connectivity index (χ2v) is 4.51. The van der Waals surface area contributed by atoms with E-state index in [0.29, 0.717) is 6.04 Å². The van der Waals surface area contributed by atoms with Crippen LogP contribution in [0.15, 0.2) is 24.3 Å². The Morgan fingerprint density at radius 1 is 1.44 bits per heavy atom. The second kappa shape index (κ2) is 6.24. The number of halogens is 1. The monoisotopic (exact) mass is 240 g/mol. The molecule has 1 aromatic carbocycles. The first kappa shape index (κ1) is 13.5. The van der Waals surface area contributed by atoms with Crippen molar-refractivity contribution in [3.63, 3.8) is 0 Å². The summed E-state index contributed by atoms with van der Waals surface area (Å²) in [4.78, 5) is 2.55. The minimum absolute atomic E-state index is 0. The minimum atomic E-state index is 0. The molecule has 90 valence electrons. The predicted octanol–water partition coefficient (Wildman–Crippen LogP) is 2.21. The Kier molecular flexibility index (Phi) is 5.26. The van der Waals surface area contributed by atoms with E-state index in [9.17, 15) is 0 Å². The first-order valence-corrected chi connectivity index (χ1v) is 5.76. The number of aryl methyl sites for hydroxylation is 1. The van der Waals surface area contributed by atoms with Gasteiger partial charge in [0.25, 0.3) is 0 Å². The highest BCUT2D eigenvalue weighted by atomic mass is 35.5. The summed E-state index contributed by atoms with van der Waals surface area (Å²) in [7, 11) is 0. The summed E-state index contributed by atoms with van der Waals surface area (Å²) in [5.41, 5.74) is 2.79. The molecule has 1 saturated heterocycles. The van der Waals surface area contributed by atoms with Gasteiger partial charge in [0.05, 0.1) is 0 Å². The van der Waals surface area contributed by atoms with E-state index >= 15 is 0 Å². The molecule has 0 radical (unpaired) electrons. The van der Waals surface area contributed by atoms with E-state index in [4.69, 9.17) is 0 Å². The van der Waals surface area contributed by atoms with Crippen molar-refractivity contribution in [2.45, 2.75) is 26.4 Å². The SMILES string of the molecule is Cc1cccc(CN2CCNC[C@@H]2C)c1.Cl. The van der Waals surface area contributed by atoms with Crippen LogP contribution in [0.5, 0.6) is 0 Å². The topological polar surface area (TPSA) is 15.3 Å². The van der Waals surface area contributed by atoms with Crippen LogP contribution in [0.4, 0.5) is 0 Å². The molecule has 1 aromatic rings. The van der Waals surface area contributed by atoms with E-state index in [1.54, 1.807) is 0 Å². The molecule has 0 unspecified atom stereocenters. The van der Waals surface area contributed by atoms with E-state index < -0.39 is 0 Å². The van der Waals surface area contributed by atoms with Crippen molar-refractivity contribution in [2.24, 2.45) is 0 Å². The van der Waals surface area contributed by atoms with Crippen molar-refractivity contribution in [2.75, 3.05) is 19.6 Å². The summed E-state index contributed by atoms with van der Waals surface area (Å²) in [6.07, 6.45) is 0. The van der Waals surface area contributed by atoms with Gasteiger partial charge in [-0.2, -0.15) is 0 Å². The second-order valence-electron chi connectivity index (χ2n) is 4.51. The maximum Gasteiger partial charge on any atom is 0.0237 e. The smallest absolute Gasteiger partial charge is 0.0237 e. The lowest BCUT2D eigenvalue weighted by molar-refractivity contribution is 0.165. The number of hydrogen-bond donors (Lipinski definition) is 1. The molecule has 0 aromatic heterocycles. The molecule has 2 nitrogen and oxygen atoms in total. The van der Waals surface area contributed by atoms with Crippen molar-refractivity contribution in [3.05, 3.63) is 35.4 Å². The molecule has 0 spiro atoms. The molecule has 0 aliphatic carbocycles. The first-order chi connectivity index (χ1) is 7.25. The Balaban J connectivity index is 0.00000128. The Morgan fingerprint density at radius 2 is 2.25 bits per heavy atom. The summed E-state index contributed by atoms with van der Waals surface area (Å²) in [5.74, 6) is 0. The quantitative estimate of drug-likeness (QED) is 0.853. The van der Waals surface area contributed by atoms with Crippen LogP contribution in [0.1, 0.15) is 18.1 Å². The van der Waals surface area contributed by atoms with E-state index in [-0.39, 0.29) is 12.4 Å². The number of nitrogens with zero attached hydrogens (tertiary/aromatic N) is 1. The summed E-state index contributed by atoms with van der Waals surface area (Å²) in [6.45, 7) is 8.94. The molecule has 1 aliphatic rings. The van der Waals surface area contributed by atoms with Crippen LogP contribution in [0.3, 0.4) is 0 Å². The normalized spacial score (nSPS) is 21.5. The van der Waals surface area contributed by atoms with Gasteiger partial charge in [0.2, 0.25) is 0 Å². The average Bonchev–Trinajstić information content (AvgIpc) is 2.22. The molecule has 0 bridgehead atoms. The van der Waals surface area contributed by atoms with Crippen LogP contribution in [-0.2, 0) is 6.54 Å². The molecule has 1 atom stereocenters. The summed E-state index contributed by atoms with van der Waals surface area (Å²) < 4.78 is 0. The number of hydrogen-bond acceptors (Lipinski definition) is 2. The standard InChI is InChI=1S/C13H20N2.ClH/c1-11-4-3-5-13(8-11)10-15-7-6-14-9-12(15)2;/h3-5,8,12,14H,6-7,9-10H2,1-2H3;1H/t12-;/m0./s1. The van der Waals surface area contributed by atoms with Crippen LogP contribution in [0.2, 0.25) is 0 Å². The number of nitrogens with one attached hydrogen (secondary N) is 1. The Labute approximate surface area is 104 Å². The zero-order chi connectivity index (χ0) is 10.7. The lowest BCUT2D eigenvalue weighted by Crippen LogP contribution is -2.49. The zero-order valence-electron chi connectivity index (χ0n) is 10.1. The van der Waals surface area contributed by atoms with E-state index in [1.165, 1.54) is 11.1 Å². The molecular weight excluding hydrogens is 220 g/mol. The molecular formula is C13H21ClN2. The van der Waals surface area contributed by atoms with Gasteiger partial charge < -0.3 is 5.32 Å². The van der Waals surface area contributed by atoms with Crippen LogP contribution in [-0.4, -0.2) is 30.6 Å². The third-order valence-corrected chi connectivity index (χ3v) is 3.11. The minimum Gasteiger partial charge on any atom is -0.314 e. The average molecular weight is 241 g/mol. The largest absolute Gasteiger partial charge is 0.314 e. The van der Waals surface area contributed by atoms with Gasteiger partial charge in [-0.25, -0.2) is 0 Å². The predicted molar refractivity (Wildman–Crippen MR) is 71.2 cm³/mol. The van der Waals surface area contributed by atoms with Crippen molar-refractivity contribution in [3.8, 4) is 0 Å². The van der Waals surface area contributed by atoms with Gasteiger partial charge in [-0.3, -0.25) is 4.90 Å². The van der Waals surface area contributed by atoms with Gasteiger partial charge in [0, 0.05) is 32.2 Å². The maximum absolute atomic E-state index is 3.42. The van der Waals surface area contributed by atoms with E-state index in [0.717, 1.165) is 26.2 Å². The Morgan fingerprint density at radius 3 is 2.94 bits per heavy atom. The zero-order valence-corrected chi connectivity index (χ0v) is 10.9. The molecule has 2 rings (SSSR count). The number of benzene rings is 1. The maximum atomic E-state index is 3.42. The van der Waals surface area contributed by atoms with Crippen LogP contribution >= 0.6 is 12.4 Å². The molecule has 0 saturated carbocycles. The van der Waals surface area contributed by atoms with Crippen LogP contribution in [0.25, 0.3) is 0 Å².